The molecule has 0 radical (unpaired) electrons. The minimum atomic E-state index is 0.249. The van der Waals surface area contributed by atoms with E-state index in [9.17, 15) is 0 Å². The van der Waals surface area contributed by atoms with Gasteiger partial charge in [-0.3, -0.25) is 4.90 Å². The monoisotopic (exact) mass is 129 g/mol. The number of rotatable bonds is 4. The van der Waals surface area contributed by atoms with Crippen LogP contribution in [0.25, 0.3) is 0 Å². The Bertz CT molecular complexity index is 86.9. The van der Waals surface area contributed by atoms with Gasteiger partial charge in [0.25, 0.3) is 0 Å². The van der Waals surface area contributed by atoms with Crippen LogP contribution in [0.1, 0.15) is 13.8 Å². The van der Waals surface area contributed by atoms with Gasteiger partial charge < -0.3 is 5.11 Å². The van der Waals surface area contributed by atoms with Crippen molar-refractivity contribution in [3.05, 3.63) is 12.3 Å². The van der Waals surface area contributed by atoms with Gasteiger partial charge in [0.05, 0.1) is 12.3 Å². The third-order valence-electron chi connectivity index (χ3n) is 1.30. The molecule has 0 aromatic rings. The Kier molecular flexibility index (Phi) is 4.14. The number of hydrogen-bond acceptors (Lipinski definition) is 2. The first-order valence-electron chi connectivity index (χ1n) is 3.29. The van der Waals surface area contributed by atoms with E-state index in [2.05, 4.69) is 25.3 Å². The fraction of sp³-hybridized carbons (Fsp3) is 0.714. The maximum Gasteiger partial charge on any atom is 0.0991 e. The summed E-state index contributed by atoms with van der Waals surface area (Å²) >= 11 is 0. The Morgan fingerprint density at radius 3 is 2.00 bits per heavy atom. The van der Waals surface area contributed by atoms with Crippen molar-refractivity contribution < 1.29 is 5.11 Å². The fourth-order valence-electron chi connectivity index (χ4n) is 0.705. The SMILES string of the molecule is C=C(O)CN(CC)CC. The lowest BCUT2D eigenvalue weighted by Gasteiger charge is -2.15. The standard InChI is InChI=1S/C7H15NO/c1-4-8(5-2)6-7(3)9/h9H,3-6H2,1-2H3. The molecule has 0 bridgehead atoms. The van der Waals surface area contributed by atoms with Crippen LogP contribution in [-0.4, -0.2) is 29.6 Å². The minimum Gasteiger partial charge on any atom is -0.512 e. The van der Waals surface area contributed by atoms with Crippen molar-refractivity contribution in [1.29, 1.82) is 0 Å². The zero-order valence-corrected chi connectivity index (χ0v) is 6.22. The lowest BCUT2D eigenvalue weighted by Crippen LogP contribution is -2.24. The predicted molar refractivity (Wildman–Crippen MR) is 39.6 cm³/mol. The summed E-state index contributed by atoms with van der Waals surface area (Å²) in [5.74, 6) is 0.249. The lowest BCUT2D eigenvalue weighted by molar-refractivity contribution is 0.271. The molecule has 0 aliphatic rings. The average Bonchev–Trinajstić information content (AvgIpc) is 1.82. The average molecular weight is 129 g/mol. The van der Waals surface area contributed by atoms with Gasteiger partial charge in [0.1, 0.15) is 0 Å². The number of hydrogen-bond donors (Lipinski definition) is 1. The maximum atomic E-state index is 8.75. The molecule has 2 nitrogen and oxygen atoms in total. The van der Waals surface area contributed by atoms with Crippen molar-refractivity contribution in [3.8, 4) is 0 Å². The molecule has 0 atom stereocenters. The Morgan fingerprint density at radius 2 is 1.89 bits per heavy atom. The van der Waals surface area contributed by atoms with Crippen molar-refractivity contribution in [1.82, 2.24) is 4.90 Å². The van der Waals surface area contributed by atoms with Crippen LogP contribution in [0.2, 0.25) is 0 Å². The molecule has 0 amide bonds. The largest absolute Gasteiger partial charge is 0.512 e. The van der Waals surface area contributed by atoms with E-state index in [4.69, 9.17) is 5.11 Å². The Balaban J connectivity index is 3.43. The highest BCUT2D eigenvalue weighted by atomic mass is 16.3. The van der Waals surface area contributed by atoms with E-state index in [1.54, 1.807) is 0 Å². The highest BCUT2D eigenvalue weighted by Gasteiger charge is 1.97. The molecule has 2 heteroatoms. The zero-order chi connectivity index (χ0) is 7.28. The molecule has 0 saturated heterocycles. The topological polar surface area (TPSA) is 23.5 Å². The fourth-order valence-corrected chi connectivity index (χ4v) is 0.705. The van der Waals surface area contributed by atoms with Gasteiger partial charge in [-0.1, -0.05) is 20.4 Å². The lowest BCUT2D eigenvalue weighted by atomic mass is 10.4. The molecule has 0 aromatic heterocycles. The van der Waals surface area contributed by atoms with Crippen molar-refractivity contribution >= 4 is 0 Å². The predicted octanol–water partition coefficient (Wildman–Crippen LogP) is 1.40. The first-order chi connectivity index (χ1) is 4.20. The van der Waals surface area contributed by atoms with Crippen LogP contribution in [0.3, 0.4) is 0 Å². The number of aliphatic hydroxyl groups excluding tert-OH is 1. The van der Waals surface area contributed by atoms with Crippen LogP contribution in [0.5, 0.6) is 0 Å². The van der Waals surface area contributed by atoms with Gasteiger partial charge in [-0.2, -0.15) is 0 Å². The van der Waals surface area contributed by atoms with Crippen molar-refractivity contribution in [2.75, 3.05) is 19.6 Å². The molecule has 0 aromatic carbocycles. The molecule has 9 heavy (non-hydrogen) atoms. The number of nitrogens with zero attached hydrogens (tertiary/aromatic N) is 1. The first kappa shape index (κ1) is 8.50. The van der Waals surface area contributed by atoms with Gasteiger partial charge in [0, 0.05) is 0 Å². The Labute approximate surface area is 56.8 Å². The third kappa shape index (κ3) is 4.03. The molecule has 0 spiro atoms. The quantitative estimate of drug-likeness (QED) is 0.580. The van der Waals surface area contributed by atoms with E-state index in [0.29, 0.717) is 6.54 Å². The van der Waals surface area contributed by atoms with E-state index in [0.717, 1.165) is 13.1 Å². The van der Waals surface area contributed by atoms with Crippen molar-refractivity contribution in [3.63, 3.8) is 0 Å². The summed E-state index contributed by atoms with van der Waals surface area (Å²) in [4.78, 5) is 2.10. The summed E-state index contributed by atoms with van der Waals surface area (Å²) in [5.41, 5.74) is 0. The first-order valence-corrected chi connectivity index (χ1v) is 3.29. The van der Waals surface area contributed by atoms with Gasteiger partial charge in [-0.05, 0) is 13.1 Å². The van der Waals surface area contributed by atoms with E-state index < -0.39 is 0 Å². The maximum absolute atomic E-state index is 8.75. The summed E-state index contributed by atoms with van der Waals surface area (Å²) in [6.07, 6.45) is 0. The molecule has 0 unspecified atom stereocenters. The second kappa shape index (κ2) is 4.39. The van der Waals surface area contributed by atoms with Crippen LogP contribution in [0.4, 0.5) is 0 Å². The molecule has 54 valence electrons. The smallest absolute Gasteiger partial charge is 0.0991 e. The normalized spacial score (nSPS) is 10.1. The molecule has 0 aliphatic carbocycles. The molecular formula is C7H15NO. The summed E-state index contributed by atoms with van der Waals surface area (Å²) in [7, 11) is 0. The molecular weight excluding hydrogens is 114 g/mol. The van der Waals surface area contributed by atoms with Gasteiger partial charge in [-0.15, -0.1) is 0 Å². The van der Waals surface area contributed by atoms with E-state index in [-0.39, 0.29) is 5.76 Å². The molecule has 0 aliphatic heterocycles. The summed E-state index contributed by atoms with van der Waals surface area (Å²) < 4.78 is 0. The van der Waals surface area contributed by atoms with E-state index >= 15 is 0 Å². The second-order valence-corrected chi connectivity index (χ2v) is 2.03. The van der Waals surface area contributed by atoms with Crippen LogP contribution in [0.15, 0.2) is 12.3 Å². The molecule has 1 N–H and O–H groups in total. The highest BCUT2D eigenvalue weighted by Crippen LogP contribution is 1.90. The van der Waals surface area contributed by atoms with E-state index in [1.165, 1.54) is 0 Å². The molecule has 0 heterocycles. The second-order valence-electron chi connectivity index (χ2n) is 2.03. The van der Waals surface area contributed by atoms with E-state index in [1.807, 2.05) is 0 Å². The third-order valence-corrected chi connectivity index (χ3v) is 1.30. The summed E-state index contributed by atoms with van der Waals surface area (Å²) in [5, 5.41) is 8.75. The van der Waals surface area contributed by atoms with Crippen LogP contribution in [0, 0.1) is 0 Å². The van der Waals surface area contributed by atoms with Crippen LogP contribution < -0.4 is 0 Å². The minimum absolute atomic E-state index is 0.249. The molecule has 0 fully saturated rings. The summed E-state index contributed by atoms with van der Waals surface area (Å²) in [6, 6.07) is 0. The zero-order valence-electron chi connectivity index (χ0n) is 6.22. The Hall–Kier alpha value is -0.500. The summed E-state index contributed by atoms with van der Waals surface area (Å²) in [6.45, 7) is 10.1. The number of likely N-dealkylation sites (N-methyl/N-ethyl adjacent to an activating group) is 1. The Morgan fingerprint density at radius 1 is 1.44 bits per heavy atom. The van der Waals surface area contributed by atoms with Crippen molar-refractivity contribution in [2.24, 2.45) is 0 Å². The molecule has 0 saturated carbocycles. The van der Waals surface area contributed by atoms with Gasteiger partial charge >= 0.3 is 0 Å². The van der Waals surface area contributed by atoms with Gasteiger partial charge in [0.2, 0.25) is 0 Å². The van der Waals surface area contributed by atoms with Crippen LogP contribution >= 0.6 is 0 Å². The highest BCUT2D eigenvalue weighted by molar-refractivity contribution is 4.82. The van der Waals surface area contributed by atoms with Crippen molar-refractivity contribution in [2.45, 2.75) is 13.8 Å². The van der Waals surface area contributed by atoms with Crippen LogP contribution in [-0.2, 0) is 0 Å². The number of aliphatic hydroxyl groups is 1. The molecule has 0 rings (SSSR count). The van der Waals surface area contributed by atoms with Gasteiger partial charge in [0.15, 0.2) is 0 Å². The van der Waals surface area contributed by atoms with Gasteiger partial charge in [-0.25, -0.2) is 0 Å².